The summed E-state index contributed by atoms with van der Waals surface area (Å²) in [7, 11) is 0. The van der Waals surface area contributed by atoms with Crippen molar-refractivity contribution in [2.75, 3.05) is 19.3 Å². The van der Waals surface area contributed by atoms with Crippen LogP contribution in [-0.2, 0) is 0 Å². The summed E-state index contributed by atoms with van der Waals surface area (Å²) in [4.78, 5) is 14.7. The van der Waals surface area contributed by atoms with Gasteiger partial charge in [0.25, 0.3) is 5.91 Å². The molecule has 1 aliphatic heterocycles. The predicted octanol–water partition coefficient (Wildman–Crippen LogP) is 3.68. The first-order chi connectivity index (χ1) is 9.39. The number of carbonyl (C=O) groups excluding carboxylic acids is 1. The molecular formula is C12H14Cl2N2OS3. The lowest BCUT2D eigenvalue weighted by Gasteiger charge is -2.40. The molecule has 1 aromatic rings. The van der Waals surface area contributed by atoms with Crippen LogP contribution < -0.4 is 5.73 Å². The molecule has 2 N–H and O–H groups in total. The SMILES string of the molecule is CSC1(C(N)=S)CCN(C(=O)c2cc(Cl)sc2Cl)CC1. The molecule has 3 nitrogen and oxygen atoms in total. The molecule has 2 rings (SSSR count). The second-order valence-corrected chi connectivity index (χ2v) is 8.51. The fraction of sp³-hybridized carbons (Fsp3) is 0.500. The van der Waals surface area contributed by atoms with Crippen LogP contribution >= 0.6 is 58.5 Å². The van der Waals surface area contributed by atoms with E-state index in [1.807, 2.05) is 6.26 Å². The quantitative estimate of drug-likeness (QED) is 0.826. The number of nitrogens with zero attached hydrogens (tertiary/aromatic N) is 1. The Labute approximate surface area is 141 Å². The van der Waals surface area contributed by atoms with E-state index in [1.54, 1.807) is 22.7 Å². The Kier molecular flexibility index (Phi) is 5.24. The second kappa shape index (κ2) is 6.40. The lowest BCUT2D eigenvalue weighted by molar-refractivity contribution is 0.0719. The minimum absolute atomic E-state index is 0.0733. The first-order valence-corrected chi connectivity index (χ1v) is 9.19. The van der Waals surface area contributed by atoms with Gasteiger partial charge in [0.05, 0.1) is 19.6 Å². The largest absolute Gasteiger partial charge is 0.392 e. The number of hydrogen-bond acceptors (Lipinski definition) is 4. The topological polar surface area (TPSA) is 46.3 Å². The van der Waals surface area contributed by atoms with Gasteiger partial charge in [-0.15, -0.1) is 11.3 Å². The van der Waals surface area contributed by atoms with Crippen molar-refractivity contribution in [3.05, 3.63) is 20.3 Å². The maximum absolute atomic E-state index is 12.4. The van der Waals surface area contributed by atoms with Crippen molar-refractivity contribution in [3.63, 3.8) is 0 Å². The molecule has 0 spiro atoms. The molecule has 0 bridgehead atoms. The normalized spacial score (nSPS) is 18.1. The average Bonchev–Trinajstić information content (AvgIpc) is 2.76. The summed E-state index contributed by atoms with van der Waals surface area (Å²) < 4.78 is 0.773. The van der Waals surface area contributed by atoms with Crippen LogP contribution in [0.2, 0.25) is 8.67 Å². The Morgan fingerprint density at radius 3 is 2.50 bits per heavy atom. The zero-order valence-corrected chi connectivity index (χ0v) is 14.8. The third-order valence-corrected chi connectivity index (χ3v) is 7.00. The van der Waals surface area contributed by atoms with Gasteiger partial charge in [-0.05, 0) is 25.2 Å². The van der Waals surface area contributed by atoms with E-state index < -0.39 is 0 Å². The van der Waals surface area contributed by atoms with E-state index in [9.17, 15) is 4.79 Å². The predicted molar refractivity (Wildman–Crippen MR) is 92.5 cm³/mol. The summed E-state index contributed by atoms with van der Waals surface area (Å²) in [5, 5.41) is 0. The average molecular weight is 369 g/mol. The van der Waals surface area contributed by atoms with Crippen molar-refractivity contribution < 1.29 is 4.79 Å². The van der Waals surface area contributed by atoms with Crippen molar-refractivity contribution >= 4 is 69.4 Å². The highest BCUT2D eigenvalue weighted by molar-refractivity contribution is 8.02. The summed E-state index contributed by atoms with van der Waals surface area (Å²) in [5.74, 6) is -0.0733. The van der Waals surface area contributed by atoms with Gasteiger partial charge in [-0.1, -0.05) is 35.4 Å². The Hall–Kier alpha value is -0.0100. The van der Waals surface area contributed by atoms with Crippen LogP contribution in [0.15, 0.2) is 6.07 Å². The first-order valence-electron chi connectivity index (χ1n) is 5.99. The van der Waals surface area contributed by atoms with E-state index >= 15 is 0 Å². The van der Waals surface area contributed by atoms with Crippen LogP contribution in [0.25, 0.3) is 0 Å². The highest BCUT2D eigenvalue weighted by atomic mass is 35.5. The van der Waals surface area contributed by atoms with Gasteiger partial charge in [0.15, 0.2) is 0 Å². The number of thioether (sulfide) groups is 1. The van der Waals surface area contributed by atoms with Gasteiger partial charge in [0.1, 0.15) is 4.34 Å². The van der Waals surface area contributed by atoms with Crippen LogP contribution in [0.4, 0.5) is 0 Å². The minimum Gasteiger partial charge on any atom is -0.392 e. The van der Waals surface area contributed by atoms with Crippen molar-refractivity contribution in [3.8, 4) is 0 Å². The number of nitrogens with two attached hydrogens (primary N) is 1. The van der Waals surface area contributed by atoms with Crippen LogP contribution in [0.3, 0.4) is 0 Å². The highest BCUT2D eigenvalue weighted by Gasteiger charge is 2.38. The molecule has 110 valence electrons. The lowest BCUT2D eigenvalue weighted by Crippen LogP contribution is -2.50. The molecule has 0 radical (unpaired) electrons. The highest BCUT2D eigenvalue weighted by Crippen LogP contribution is 2.37. The Bertz CT molecular complexity index is 539. The zero-order chi connectivity index (χ0) is 14.9. The van der Waals surface area contributed by atoms with Crippen LogP contribution in [-0.4, -0.2) is 39.9 Å². The molecule has 1 aliphatic rings. The van der Waals surface area contributed by atoms with E-state index in [0.29, 0.717) is 32.3 Å². The maximum atomic E-state index is 12.4. The van der Waals surface area contributed by atoms with Crippen molar-refractivity contribution in [2.45, 2.75) is 17.6 Å². The Morgan fingerprint density at radius 2 is 2.10 bits per heavy atom. The molecule has 0 atom stereocenters. The van der Waals surface area contributed by atoms with E-state index in [1.165, 1.54) is 11.3 Å². The number of rotatable bonds is 3. The molecule has 1 fully saturated rings. The van der Waals surface area contributed by atoms with Crippen molar-refractivity contribution in [1.82, 2.24) is 4.90 Å². The molecule has 20 heavy (non-hydrogen) atoms. The van der Waals surface area contributed by atoms with Crippen LogP contribution in [0, 0.1) is 0 Å². The maximum Gasteiger partial charge on any atom is 0.256 e. The summed E-state index contributed by atoms with van der Waals surface area (Å²) in [6.45, 7) is 1.25. The molecule has 0 unspecified atom stereocenters. The molecule has 0 saturated carbocycles. The van der Waals surface area contributed by atoms with Gasteiger partial charge in [-0.3, -0.25) is 4.79 Å². The molecule has 1 amide bonds. The molecular weight excluding hydrogens is 355 g/mol. The van der Waals surface area contributed by atoms with Crippen molar-refractivity contribution in [1.29, 1.82) is 0 Å². The summed E-state index contributed by atoms with van der Waals surface area (Å²) in [5.41, 5.74) is 6.32. The van der Waals surface area contributed by atoms with Gasteiger partial charge in [0, 0.05) is 13.1 Å². The standard InChI is InChI=1S/C12H14Cl2N2OS3/c1-19-12(11(15)18)2-4-16(5-3-12)10(17)7-6-8(13)20-9(7)14/h6H,2-5H2,1H3,(H2,15,18). The summed E-state index contributed by atoms with van der Waals surface area (Å²) in [6.07, 6.45) is 3.54. The van der Waals surface area contributed by atoms with Gasteiger partial charge in [0.2, 0.25) is 0 Å². The molecule has 0 aromatic carbocycles. The number of halogens is 2. The number of carbonyl (C=O) groups is 1. The first kappa shape index (κ1) is 16.4. The summed E-state index contributed by atoms with van der Waals surface area (Å²) in [6, 6.07) is 1.63. The van der Waals surface area contributed by atoms with Gasteiger partial charge >= 0.3 is 0 Å². The van der Waals surface area contributed by atoms with Gasteiger partial charge in [-0.25, -0.2) is 0 Å². The van der Waals surface area contributed by atoms with Crippen LogP contribution in [0.5, 0.6) is 0 Å². The fourth-order valence-electron chi connectivity index (χ4n) is 2.28. The van der Waals surface area contributed by atoms with Crippen LogP contribution in [0.1, 0.15) is 23.2 Å². The monoisotopic (exact) mass is 368 g/mol. The molecule has 1 saturated heterocycles. The van der Waals surface area contributed by atoms with Crippen molar-refractivity contribution in [2.24, 2.45) is 5.73 Å². The third-order valence-electron chi connectivity index (χ3n) is 3.59. The van der Waals surface area contributed by atoms with Gasteiger partial charge in [-0.2, -0.15) is 11.8 Å². The number of thiophene rings is 1. The van der Waals surface area contributed by atoms with E-state index in [0.717, 1.165) is 12.8 Å². The zero-order valence-electron chi connectivity index (χ0n) is 10.8. The second-order valence-electron chi connectivity index (χ2n) is 4.59. The lowest BCUT2D eigenvalue weighted by atomic mass is 9.95. The Balaban J connectivity index is 2.09. The fourth-order valence-corrected chi connectivity index (χ4v) is 4.97. The molecule has 1 aromatic heterocycles. The number of hydrogen-bond donors (Lipinski definition) is 1. The number of piperidine rings is 1. The van der Waals surface area contributed by atoms with E-state index in [2.05, 4.69) is 0 Å². The summed E-state index contributed by atoms with van der Waals surface area (Å²) >= 11 is 20.0. The molecule has 2 heterocycles. The van der Waals surface area contributed by atoms with E-state index in [4.69, 9.17) is 41.2 Å². The smallest absolute Gasteiger partial charge is 0.256 e. The number of amides is 1. The number of likely N-dealkylation sites (tertiary alicyclic amines) is 1. The third kappa shape index (κ3) is 3.09. The molecule has 8 heteroatoms. The van der Waals surface area contributed by atoms with E-state index in [-0.39, 0.29) is 10.7 Å². The minimum atomic E-state index is -0.192. The van der Waals surface area contributed by atoms with Gasteiger partial charge < -0.3 is 10.6 Å². The Morgan fingerprint density at radius 1 is 1.50 bits per heavy atom. The number of thiocarbonyl (C=S) groups is 1. The molecule has 0 aliphatic carbocycles.